The molecule has 2 amide bonds. The number of halogens is 1. The first-order valence-corrected chi connectivity index (χ1v) is 6.83. The highest BCUT2D eigenvalue weighted by Crippen LogP contribution is 2.26. The zero-order valence-corrected chi connectivity index (χ0v) is 12.2. The summed E-state index contributed by atoms with van der Waals surface area (Å²) in [6.45, 7) is 5.24. The maximum atomic E-state index is 11.8. The Kier molecular flexibility index (Phi) is 3.92. The molecule has 2 rings (SSSR count). The topological polar surface area (TPSA) is 58.4 Å². The van der Waals surface area contributed by atoms with E-state index in [0.717, 1.165) is 10.0 Å². The van der Waals surface area contributed by atoms with E-state index in [1.165, 1.54) is 5.56 Å². The number of nitrogens with two attached hydrogens (primary N) is 1. The minimum Gasteiger partial charge on any atom is -0.329 e. The summed E-state index contributed by atoms with van der Waals surface area (Å²) in [7, 11) is 0. The minimum absolute atomic E-state index is 0.00175. The van der Waals surface area contributed by atoms with Gasteiger partial charge in [0.1, 0.15) is 0 Å². The molecule has 1 heterocycles. The molecular formula is C13H18BrN3O. The molecule has 18 heavy (non-hydrogen) atoms. The molecule has 1 aromatic rings. The van der Waals surface area contributed by atoms with Crippen LogP contribution in [0.4, 0.5) is 4.79 Å². The Bertz CT molecular complexity index is 462. The van der Waals surface area contributed by atoms with Gasteiger partial charge in [-0.25, -0.2) is 4.79 Å². The van der Waals surface area contributed by atoms with Crippen molar-refractivity contribution in [1.29, 1.82) is 0 Å². The van der Waals surface area contributed by atoms with E-state index >= 15 is 0 Å². The maximum Gasteiger partial charge on any atom is 0.318 e. The van der Waals surface area contributed by atoms with Gasteiger partial charge in [-0.3, -0.25) is 0 Å². The van der Waals surface area contributed by atoms with Gasteiger partial charge in [-0.2, -0.15) is 0 Å². The lowest BCUT2D eigenvalue weighted by atomic mass is 10.0. The Morgan fingerprint density at radius 2 is 2.33 bits per heavy atom. The largest absolute Gasteiger partial charge is 0.329 e. The lowest BCUT2D eigenvalue weighted by molar-refractivity contribution is 0.215. The molecule has 2 atom stereocenters. The van der Waals surface area contributed by atoms with Gasteiger partial charge in [-0.05, 0) is 37.1 Å². The Morgan fingerprint density at radius 3 is 3.00 bits per heavy atom. The standard InChI is InChI=1S/C13H18BrN3O/c1-8-3-4-10(14)5-11(8)12-7-17(6-9(2)15)13(18)16-12/h3-5,9,12H,6-7,15H2,1-2H3,(H,16,18). The average molecular weight is 312 g/mol. The molecule has 4 nitrogen and oxygen atoms in total. The average Bonchev–Trinajstić information content (AvgIpc) is 2.63. The molecule has 2 unspecified atom stereocenters. The summed E-state index contributed by atoms with van der Waals surface area (Å²) >= 11 is 3.47. The van der Waals surface area contributed by atoms with Gasteiger partial charge in [0.05, 0.1) is 6.04 Å². The summed E-state index contributed by atoms with van der Waals surface area (Å²) < 4.78 is 1.03. The Hall–Kier alpha value is -1.07. The van der Waals surface area contributed by atoms with Crippen LogP contribution in [0, 0.1) is 6.92 Å². The highest BCUT2D eigenvalue weighted by molar-refractivity contribution is 9.10. The first kappa shape index (κ1) is 13.4. The SMILES string of the molecule is Cc1ccc(Br)cc1C1CN(CC(C)N)C(=O)N1. The van der Waals surface area contributed by atoms with Crippen LogP contribution in [0.3, 0.4) is 0 Å². The zero-order valence-electron chi connectivity index (χ0n) is 10.6. The van der Waals surface area contributed by atoms with Crippen LogP contribution in [-0.2, 0) is 0 Å². The second-order valence-corrected chi connectivity index (χ2v) is 5.80. The molecule has 1 saturated heterocycles. The van der Waals surface area contributed by atoms with Crippen molar-refractivity contribution in [3.63, 3.8) is 0 Å². The molecule has 0 aromatic heterocycles. The van der Waals surface area contributed by atoms with E-state index in [0.29, 0.717) is 13.1 Å². The van der Waals surface area contributed by atoms with Gasteiger partial charge in [-0.1, -0.05) is 22.0 Å². The molecular weight excluding hydrogens is 294 g/mol. The number of amides is 2. The van der Waals surface area contributed by atoms with Crippen molar-refractivity contribution in [3.05, 3.63) is 33.8 Å². The molecule has 1 aliphatic heterocycles. The second kappa shape index (κ2) is 5.28. The highest BCUT2D eigenvalue weighted by Gasteiger charge is 2.30. The third-order valence-electron chi connectivity index (χ3n) is 3.11. The van der Waals surface area contributed by atoms with Crippen LogP contribution in [0.25, 0.3) is 0 Å². The molecule has 0 saturated carbocycles. The van der Waals surface area contributed by atoms with Crippen molar-refractivity contribution in [2.45, 2.75) is 25.9 Å². The molecule has 0 spiro atoms. The van der Waals surface area contributed by atoms with Gasteiger partial charge >= 0.3 is 6.03 Å². The fourth-order valence-electron chi connectivity index (χ4n) is 2.26. The smallest absolute Gasteiger partial charge is 0.318 e. The number of aryl methyl sites for hydroxylation is 1. The molecule has 0 bridgehead atoms. The first-order chi connectivity index (χ1) is 8.47. The van der Waals surface area contributed by atoms with Crippen molar-refractivity contribution in [2.75, 3.05) is 13.1 Å². The fraction of sp³-hybridized carbons (Fsp3) is 0.462. The fourth-order valence-corrected chi connectivity index (χ4v) is 2.64. The maximum absolute atomic E-state index is 11.8. The normalized spacial score (nSPS) is 21.0. The molecule has 1 aliphatic rings. The number of rotatable bonds is 3. The van der Waals surface area contributed by atoms with Crippen LogP contribution in [0.15, 0.2) is 22.7 Å². The third kappa shape index (κ3) is 2.84. The lowest BCUT2D eigenvalue weighted by Crippen LogP contribution is -2.37. The van der Waals surface area contributed by atoms with E-state index in [4.69, 9.17) is 5.73 Å². The van der Waals surface area contributed by atoms with Crippen molar-refractivity contribution in [3.8, 4) is 0 Å². The number of benzene rings is 1. The van der Waals surface area contributed by atoms with Gasteiger partial charge in [-0.15, -0.1) is 0 Å². The van der Waals surface area contributed by atoms with E-state index in [1.807, 2.05) is 13.0 Å². The first-order valence-electron chi connectivity index (χ1n) is 6.04. The Morgan fingerprint density at radius 1 is 1.61 bits per heavy atom. The van der Waals surface area contributed by atoms with Crippen LogP contribution in [0.5, 0.6) is 0 Å². The van der Waals surface area contributed by atoms with E-state index < -0.39 is 0 Å². The van der Waals surface area contributed by atoms with Gasteiger partial charge in [0.25, 0.3) is 0 Å². The summed E-state index contributed by atoms with van der Waals surface area (Å²) in [5.74, 6) is 0. The monoisotopic (exact) mass is 311 g/mol. The van der Waals surface area contributed by atoms with Crippen molar-refractivity contribution in [1.82, 2.24) is 10.2 Å². The molecule has 0 aliphatic carbocycles. The number of carbonyl (C=O) groups is 1. The number of urea groups is 1. The zero-order chi connectivity index (χ0) is 13.3. The summed E-state index contributed by atoms with van der Waals surface area (Å²) in [5, 5.41) is 3.00. The quantitative estimate of drug-likeness (QED) is 0.899. The Labute approximate surface area is 116 Å². The van der Waals surface area contributed by atoms with Crippen LogP contribution in [-0.4, -0.2) is 30.1 Å². The molecule has 5 heteroatoms. The van der Waals surface area contributed by atoms with E-state index in [9.17, 15) is 4.79 Å². The van der Waals surface area contributed by atoms with Crippen molar-refractivity contribution in [2.24, 2.45) is 5.73 Å². The Balaban J connectivity index is 2.16. The van der Waals surface area contributed by atoms with Crippen LogP contribution < -0.4 is 11.1 Å². The van der Waals surface area contributed by atoms with Gasteiger partial charge < -0.3 is 16.0 Å². The minimum atomic E-state index is -0.0309. The number of hydrogen-bond donors (Lipinski definition) is 2. The van der Waals surface area contributed by atoms with Crippen molar-refractivity contribution < 1.29 is 4.79 Å². The van der Waals surface area contributed by atoms with Crippen molar-refractivity contribution >= 4 is 22.0 Å². The number of nitrogens with one attached hydrogen (secondary N) is 1. The predicted molar refractivity (Wildman–Crippen MR) is 75.4 cm³/mol. The molecule has 1 fully saturated rings. The molecule has 1 aromatic carbocycles. The van der Waals surface area contributed by atoms with Gasteiger partial charge in [0.15, 0.2) is 0 Å². The summed E-state index contributed by atoms with van der Waals surface area (Å²) in [5.41, 5.74) is 8.09. The number of hydrogen-bond acceptors (Lipinski definition) is 2. The highest BCUT2D eigenvalue weighted by atomic mass is 79.9. The van der Waals surface area contributed by atoms with Crippen LogP contribution in [0.1, 0.15) is 24.1 Å². The summed E-state index contributed by atoms with van der Waals surface area (Å²) in [4.78, 5) is 13.6. The second-order valence-electron chi connectivity index (χ2n) is 4.89. The molecule has 0 radical (unpaired) electrons. The van der Waals surface area contributed by atoms with Gasteiger partial charge in [0, 0.05) is 23.6 Å². The van der Waals surface area contributed by atoms with Gasteiger partial charge in [0.2, 0.25) is 0 Å². The van der Waals surface area contributed by atoms with E-state index in [-0.39, 0.29) is 18.1 Å². The van der Waals surface area contributed by atoms with E-state index in [2.05, 4.69) is 40.3 Å². The predicted octanol–water partition coefficient (Wildman–Crippen LogP) is 2.17. The third-order valence-corrected chi connectivity index (χ3v) is 3.61. The lowest BCUT2D eigenvalue weighted by Gasteiger charge is -2.17. The number of carbonyl (C=O) groups excluding carboxylic acids is 1. The van der Waals surface area contributed by atoms with E-state index in [1.54, 1.807) is 4.90 Å². The van der Waals surface area contributed by atoms with Crippen LogP contribution in [0.2, 0.25) is 0 Å². The number of nitrogens with zero attached hydrogens (tertiary/aromatic N) is 1. The summed E-state index contributed by atoms with van der Waals surface area (Å²) in [6.07, 6.45) is 0. The van der Waals surface area contributed by atoms with Crippen LogP contribution >= 0.6 is 15.9 Å². The molecule has 98 valence electrons. The molecule has 3 N–H and O–H groups in total. The summed E-state index contributed by atoms with van der Waals surface area (Å²) in [6, 6.07) is 6.15.